The lowest BCUT2D eigenvalue weighted by atomic mass is 9.86. The van der Waals surface area contributed by atoms with Crippen LogP contribution in [0.2, 0.25) is 0 Å². The summed E-state index contributed by atoms with van der Waals surface area (Å²) in [6.07, 6.45) is 9.16. The molecule has 0 bridgehead atoms. The molecule has 0 fully saturated rings. The van der Waals surface area contributed by atoms with Crippen LogP contribution in [0.5, 0.6) is 0 Å². The largest absolute Gasteiger partial charge is 0.384 e. The van der Waals surface area contributed by atoms with E-state index in [1.165, 1.54) is 0 Å². The Morgan fingerprint density at radius 2 is 0.903 bits per heavy atom. The average Bonchev–Trinajstić information content (AvgIpc) is 1.76. The Labute approximate surface area is 545 Å². The molecule has 0 saturated heterocycles. The molecular formula is C72H79N11O7S3. The minimum absolute atomic E-state index is 0.0292. The molecule has 5 aromatic heterocycles. The summed E-state index contributed by atoms with van der Waals surface area (Å²) in [5.41, 5.74) is 19.8. The highest BCUT2D eigenvalue weighted by atomic mass is 32.2. The van der Waals surface area contributed by atoms with Gasteiger partial charge in [-0.15, -0.1) is 0 Å². The molecule has 2 atom stereocenters. The van der Waals surface area contributed by atoms with E-state index in [1.54, 1.807) is 81.8 Å². The van der Waals surface area contributed by atoms with Crippen LogP contribution in [0.25, 0.3) is 33.2 Å². The van der Waals surface area contributed by atoms with Gasteiger partial charge in [0.05, 0.1) is 100 Å². The van der Waals surface area contributed by atoms with Crippen molar-refractivity contribution in [3.63, 3.8) is 0 Å². The molecule has 2 aliphatic rings. The number of amides is 1. The highest BCUT2D eigenvalue weighted by Crippen LogP contribution is 2.33. The number of sulfone groups is 3. The molecule has 1 aliphatic heterocycles. The van der Waals surface area contributed by atoms with Crippen molar-refractivity contribution >= 4 is 68.9 Å². The predicted octanol–water partition coefficient (Wildman–Crippen LogP) is 13.0. The number of fused-ring (bicyclic) bond motifs is 3. The molecule has 5 aromatic carbocycles. The Kier molecular flexibility index (Phi) is 18.5. The second-order valence-corrected chi connectivity index (χ2v) is 32.8. The minimum atomic E-state index is -3.60. The van der Waals surface area contributed by atoms with Gasteiger partial charge in [-0.2, -0.15) is 20.4 Å². The van der Waals surface area contributed by atoms with Crippen LogP contribution >= 0.6 is 0 Å². The summed E-state index contributed by atoms with van der Waals surface area (Å²) < 4.78 is 84.1. The molecule has 0 saturated carbocycles. The van der Waals surface area contributed by atoms with Crippen molar-refractivity contribution in [3.8, 4) is 11.4 Å². The third-order valence-electron chi connectivity index (χ3n) is 16.3. The van der Waals surface area contributed by atoms with Gasteiger partial charge in [-0.05, 0) is 145 Å². The number of carbonyl (C=O) groups excluding carboxylic acids is 1. The Balaban J connectivity index is 0.000000153. The Hall–Kier alpha value is -9.18. The number of rotatable bonds is 11. The number of hydrogen-bond acceptors (Lipinski definition) is 14. The van der Waals surface area contributed by atoms with Gasteiger partial charge in [-0.25, -0.2) is 49.7 Å². The number of benzene rings is 5. The summed E-state index contributed by atoms with van der Waals surface area (Å²) in [6.45, 7) is 26.4. The van der Waals surface area contributed by atoms with Gasteiger partial charge in [-0.1, -0.05) is 147 Å². The number of aromatic nitrogens is 8. The van der Waals surface area contributed by atoms with E-state index >= 15 is 0 Å². The zero-order valence-electron chi connectivity index (χ0n) is 54.7. The van der Waals surface area contributed by atoms with Gasteiger partial charge in [0.25, 0.3) is 0 Å². The van der Waals surface area contributed by atoms with Gasteiger partial charge < -0.3 is 5.73 Å². The minimum Gasteiger partial charge on any atom is -0.384 e. The van der Waals surface area contributed by atoms with Crippen molar-refractivity contribution < 1.29 is 30.0 Å². The lowest BCUT2D eigenvalue weighted by Crippen LogP contribution is -2.44. The number of pyridine rings is 2. The standard InChI is InChI=1S/C25H27N3O2S.C24H26N4O2S.C23H26N4O3S/c1-17-8-13-23(22-7-6-14-26-24(17)22)28-20(15-18(2)27-28)16-31(29,30)21-11-9-19(10-12-21)25(3,4)5;1-16-13-18(15-31(29,30)19-11-9-17(10-12-19)24(2,3)4)28(27-16)22-14-23(25)26-21-8-6-5-7-20(21)22;1-15-13-17(14-31(29,30)18-11-9-16(10-12-18)23(2,3)4)27(26-15)21-19-7-5-6-8-20(19)22(28)25-24-21/h6-15H,16H2,1-5H3;5-14H,15H2,1-4H3,(H2,25,26);5-13,19-20H,14H2,1-4H3,(H,25,28). The van der Waals surface area contributed by atoms with Crippen LogP contribution in [-0.2, 0) is 67.8 Å². The molecule has 482 valence electrons. The number of nitrogens with zero attached hydrogens (tertiary/aromatic N) is 9. The molecule has 1 aliphatic carbocycles. The van der Waals surface area contributed by atoms with Crippen LogP contribution in [0.15, 0.2) is 196 Å². The SMILES string of the molecule is Cc1cc(CS(=O)(=O)c2ccc(C(C)(C)C)cc2)n(-c2cc(N)nc3ccccc23)n1.Cc1cc(CS(=O)(=O)c2ccc(C(C)(C)C)cc2)n(-c2ccc(C)c3ncccc23)n1.Cc1cc(CS(=O)(=O)c2ccc(C(C)(C)C)cc2)n(C2=NNC(=O)C3C=CC=CC23)n1. The van der Waals surface area contributed by atoms with Crippen LogP contribution in [0.1, 0.15) is 119 Å². The summed E-state index contributed by atoms with van der Waals surface area (Å²) in [5, 5.41) is 19.7. The molecule has 2 unspecified atom stereocenters. The highest BCUT2D eigenvalue weighted by Gasteiger charge is 2.36. The summed E-state index contributed by atoms with van der Waals surface area (Å²) in [5.74, 6) is -0.530. The maximum absolute atomic E-state index is 13.2. The van der Waals surface area contributed by atoms with Crippen molar-refractivity contribution in [2.45, 2.75) is 138 Å². The van der Waals surface area contributed by atoms with Crippen molar-refractivity contribution in [2.75, 3.05) is 5.73 Å². The van der Waals surface area contributed by atoms with Gasteiger partial charge >= 0.3 is 0 Å². The van der Waals surface area contributed by atoms with Crippen LogP contribution in [0.4, 0.5) is 5.82 Å². The molecule has 0 radical (unpaired) electrons. The molecular weight excluding hydrogens is 1230 g/mol. The second kappa shape index (κ2) is 25.7. The number of hydrazone groups is 1. The van der Waals surface area contributed by atoms with Crippen LogP contribution in [0, 0.1) is 39.5 Å². The Morgan fingerprint density at radius 3 is 1.38 bits per heavy atom. The first-order valence-electron chi connectivity index (χ1n) is 30.6. The van der Waals surface area contributed by atoms with E-state index in [2.05, 4.69) is 98.1 Å². The first-order chi connectivity index (χ1) is 43.7. The lowest BCUT2D eigenvalue weighted by molar-refractivity contribution is -0.124. The normalized spacial score (nSPS) is 15.2. The van der Waals surface area contributed by atoms with Gasteiger partial charge in [0.2, 0.25) is 5.91 Å². The van der Waals surface area contributed by atoms with E-state index in [4.69, 9.17) is 5.73 Å². The second-order valence-electron chi connectivity index (χ2n) is 26.8. The summed E-state index contributed by atoms with van der Waals surface area (Å²) in [6, 6.07) is 43.9. The van der Waals surface area contributed by atoms with Crippen LogP contribution in [-0.4, -0.2) is 76.3 Å². The molecule has 12 rings (SSSR count). The fraction of sp³-hybridized carbons (Fsp3) is 0.292. The summed E-state index contributed by atoms with van der Waals surface area (Å²) >= 11 is 0. The zero-order chi connectivity index (χ0) is 67.2. The monoisotopic (exact) mass is 1310 g/mol. The van der Waals surface area contributed by atoms with E-state index in [-0.39, 0.29) is 50.2 Å². The highest BCUT2D eigenvalue weighted by molar-refractivity contribution is 7.91. The number of nitrogens with two attached hydrogens (primary N) is 1. The number of aryl methyl sites for hydroxylation is 4. The smallest absolute Gasteiger partial charge is 0.248 e. The van der Waals surface area contributed by atoms with E-state index in [9.17, 15) is 30.0 Å². The maximum Gasteiger partial charge on any atom is 0.248 e. The first kappa shape index (κ1) is 66.7. The van der Waals surface area contributed by atoms with E-state index in [0.29, 0.717) is 49.9 Å². The molecule has 21 heteroatoms. The van der Waals surface area contributed by atoms with Gasteiger partial charge in [-0.3, -0.25) is 9.78 Å². The molecule has 3 N–H and O–H groups in total. The number of anilines is 1. The first-order valence-corrected chi connectivity index (χ1v) is 35.5. The maximum atomic E-state index is 13.2. The predicted molar refractivity (Wildman–Crippen MR) is 368 cm³/mol. The Bertz CT molecular complexity index is 4930. The van der Waals surface area contributed by atoms with Crippen molar-refractivity contribution in [1.82, 2.24) is 44.7 Å². The van der Waals surface area contributed by atoms with E-state index < -0.39 is 35.4 Å². The number of hydrogen-bond donors (Lipinski definition) is 2. The van der Waals surface area contributed by atoms with Crippen molar-refractivity contribution in [1.29, 1.82) is 0 Å². The molecule has 10 aromatic rings. The number of para-hydroxylation sites is 1. The van der Waals surface area contributed by atoms with E-state index in [0.717, 1.165) is 61.1 Å². The molecule has 1 amide bonds. The summed E-state index contributed by atoms with van der Waals surface area (Å²) in [4.78, 5) is 21.9. The molecule has 6 heterocycles. The molecule has 0 spiro atoms. The fourth-order valence-electron chi connectivity index (χ4n) is 11.3. The number of allylic oxidation sites excluding steroid dienone is 3. The Morgan fingerprint density at radius 1 is 0.484 bits per heavy atom. The fourth-order valence-corrected chi connectivity index (χ4v) is 15.2. The topological polar surface area (TPSA) is 249 Å². The van der Waals surface area contributed by atoms with Gasteiger partial charge in [0.1, 0.15) is 5.82 Å². The zero-order valence-corrected chi connectivity index (χ0v) is 57.2. The molecule has 18 nitrogen and oxygen atoms in total. The van der Waals surface area contributed by atoms with Crippen LogP contribution in [0.3, 0.4) is 0 Å². The molecule has 93 heavy (non-hydrogen) atoms. The van der Waals surface area contributed by atoms with Crippen molar-refractivity contribution in [2.24, 2.45) is 16.9 Å². The summed E-state index contributed by atoms with van der Waals surface area (Å²) in [7, 11) is -10.7. The van der Waals surface area contributed by atoms with Gasteiger partial charge in [0, 0.05) is 23.0 Å². The quantitative estimate of drug-likeness (QED) is 0.122. The lowest BCUT2D eigenvalue weighted by Gasteiger charge is -2.28. The third kappa shape index (κ3) is 14.9. The number of carbonyl (C=O) groups is 1. The number of nitrogens with one attached hydrogen (secondary N) is 1. The van der Waals surface area contributed by atoms with Gasteiger partial charge in [0.15, 0.2) is 35.3 Å². The van der Waals surface area contributed by atoms with Crippen molar-refractivity contribution in [3.05, 3.63) is 233 Å². The van der Waals surface area contributed by atoms with E-state index in [1.807, 2.05) is 136 Å². The van der Waals surface area contributed by atoms with Crippen LogP contribution < -0.4 is 11.2 Å². The number of nitrogen functional groups attached to an aromatic ring is 1. The third-order valence-corrected chi connectivity index (χ3v) is 21.3. The average molecular weight is 1310 g/mol.